The van der Waals surface area contributed by atoms with E-state index in [-0.39, 0.29) is 12.7 Å². The molecule has 2 fully saturated rings. The number of nitrogens with zero attached hydrogens (tertiary/aromatic N) is 1. The van der Waals surface area contributed by atoms with Gasteiger partial charge in [0.1, 0.15) is 0 Å². The first-order chi connectivity index (χ1) is 13.2. The van der Waals surface area contributed by atoms with Crippen molar-refractivity contribution in [3.8, 4) is 11.5 Å². The Hall–Kier alpha value is -1.37. The summed E-state index contributed by atoms with van der Waals surface area (Å²) in [6, 6.07) is 4.49. The van der Waals surface area contributed by atoms with Gasteiger partial charge in [-0.3, -0.25) is 9.29 Å². The molecule has 4 rings (SSSR count). The number of benzene rings is 1. The van der Waals surface area contributed by atoms with Crippen LogP contribution in [0, 0.1) is 5.92 Å². The van der Waals surface area contributed by atoms with E-state index in [1.807, 2.05) is 0 Å². The van der Waals surface area contributed by atoms with Gasteiger partial charge in [-0.15, -0.1) is 0 Å². The topological polar surface area (TPSA) is 40.2 Å². The first-order valence-electron chi connectivity index (χ1n) is 10.0. The van der Waals surface area contributed by atoms with Gasteiger partial charge >= 0.3 is 0 Å². The second-order valence-electron chi connectivity index (χ2n) is 7.76. The third-order valence-corrected chi connectivity index (χ3v) is 6.38. The molecule has 1 spiro atoms. The Labute approximate surface area is 160 Å². The zero-order valence-electron chi connectivity index (χ0n) is 16.3. The summed E-state index contributed by atoms with van der Waals surface area (Å²) in [6.45, 7) is 2.99. The van der Waals surface area contributed by atoms with Crippen molar-refractivity contribution in [3.63, 3.8) is 0 Å². The molecule has 0 saturated carbocycles. The van der Waals surface area contributed by atoms with Crippen LogP contribution < -0.4 is 9.47 Å². The molecule has 0 aromatic heterocycles. The van der Waals surface area contributed by atoms with E-state index in [0.717, 1.165) is 50.3 Å². The number of ether oxygens (including phenoxy) is 4. The number of unbranched alkanes of at least 4 members (excludes halogenated alkanes) is 1. The highest BCUT2D eigenvalue weighted by Crippen LogP contribution is 2.49. The number of alkyl halides is 1. The maximum atomic E-state index is 12.6. The highest BCUT2D eigenvalue weighted by atomic mass is 19.1. The van der Waals surface area contributed by atoms with E-state index in [9.17, 15) is 4.39 Å². The van der Waals surface area contributed by atoms with Gasteiger partial charge in [0, 0.05) is 31.5 Å². The van der Waals surface area contributed by atoms with Crippen LogP contribution in [0.25, 0.3) is 0 Å². The summed E-state index contributed by atoms with van der Waals surface area (Å²) in [7, 11) is 3.36. The molecule has 6 heteroatoms. The van der Waals surface area contributed by atoms with Gasteiger partial charge in [-0.05, 0) is 42.5 Å². The molecule has 0 amide bonds. The first-order valence-corrected chi connectivity index (χ1v) is 10.0. The molecule has 27 heavy (non-hydrogen) atoms. The summed E-state index contributed by atoms with van der Waals surface area (Å²) < 4.78 is 36.0. The fourth-order valence-corrected chi connectivity index (χ4v) is 5.02. The maximum absolute atomic E-state index is 12.6. The molecule has 0 N–H and O–H groups in total. The lowest BCUT2D eigenvalue weighted by Gasteiger charge is -2.51. The maximum Gasteiger partial charge on any atom is 0.174 e. The molecule has 0 aliphatic carbocycles. The molecule has 5 nitrogen and oxygen atoms in total. The predicted octanol–water partition coefficient (Wildman–Crippen LogP) is 3.51. The van der Waals surface area contributed by atoms with Crippen LogP contribution in [-0.2, 0) is 15.9 Å². The van der Waals surface area contributed by atoms with Crippen molar-refractivity contribution < 1.29 is 23.3 Å². The Morgan fingerprint density at radius 2 is 1.89 bits per heavy atom. The number of piperidine rings is 1. The lowest BCUT2D eigenvalue weighted by Crippen LogP contribution is -2.55. The van der Waals surface area contributed by atoms with E-state index in [1.165, 1.54) is 11.1 Å². The Balaban J connectivity index is 1.62. The summed E-state index contributed by atoms with van der Waals surface area (Å²) in [5.74, 6) is 1.32. The van der Waals surface area contributed by atoms with Gasteiger partial charge < -0.3 is 18.9 Å². The van der Waals surface area contributed by atoms with Gasteiger partial charge in [0.15, 0.2) is 17.3 Å². The van der Waals surface area contributed by atoms with E-state index in [1.54, 1.807) is 14.2 Å². The van der Waals surface area contributed by atoms with Crippen molar-refractivity contribution in [2.75, 3.05) is 47.2 Å². The van der Waals surface area contributed by atoms with Gasteiger partial charge in [-0.2, -0.15) is 0 Å². The highest BCUT2D eigenvalue weighted by Gasteiger charge is 2.52. The lowest BCUT2D eigenvalue weighted by atomic mass is 9.77. The van der Waals surface area contributed by atoms with Gasteiger partial charge in [0.2, 0.25) is 0 Å². The average molecular weight is 379 g/mol. The minimum absolute atomic E-state index is 0.247. The number of methoxy groups -OCH3 is 2. The Bertz CT molecular complexity index is 662. The fourth-order valence-electron chi connectivity index (χ4n) is 5.02. The summed E-state index contributed by atoms with van der Waals surface area (Å²) in [5, 5.41) is 0. The minimum Gasteiger partial charge on any atom is -0.493 e. The van der Waals surface area contributed by atoms with Crippen molar-refractivity contribution in [1.82, 2.24) is 4.90 Å². The fraction of sp³-hybridized carbons (Fsp3) is 0.714. The quantitative estimate of drug-likeness (QED) is 0.708. The normalized spacial score (nSPS) is 26.6. The van der Waals surface area contributed by atoms with Crippen molar-refractivity contribution in [1.29, 1.82) is 0 Å². The predicted molar refractivity (Wildman–Crippen MR) is 100 cm³/mol. The van der Waals surface area contributed by atoms with Crippen LogP contribution in [0.15, 0.2) is 12.1 Å². The number of halogens is 1. The Morgan fingerprint density at radius 1 is 1.15 bits per heavy atom. The van der Waals surface area contributed by atoms with E-state index in [4.69, 9.17) is 18.9 Å². The number of rotatable bonds is 6. The van der Waals surface area contributed by atoms with Gasteiger partial charge in [0.05, 0.1) is 34.1 Å². The van der Waals surface area contributed by atoms with Gasteiger partial charge in [-0.1, -0.05) is 6.42 Å². The van der Waals surface area contributed by atoms with E-state index in [0.29, 0.717) is 25.6 Å². The molecular formula is C21H30FNO4. The van der Waals surface area contributed by atoms with Crippen LogP contribution in [-0.4, -0.2) is 57.9 Å². The molecule has 3 aliphatic heterocycles. The Kier molecular flexibility index (Phi) is 5.58. The lowest BCUT2D eigenvalue weighted by molar-refractivity contribution is -0.235. The van der Waals surface area contributed by atoms with Crippen LogP contribution in [0.4, 0.5) is 4.39 Å². The molecule has 2 atom stereocenters. The van der Waals surface area contributed by atoms with Crippen molar-refractivity contribution in [2.24, 2.45) is 5.92 Å². The first kappa shape index (κ1) is 19.0. The number of fused-ring (bicyclic) bond motifs is 3. The van der Waals surface area contributed by atoms with Crippen LogP contribution in [0.3, 0.4) is 0 Å². The smallest absolute Gasteiger partial charge is 0.174 e. The van der Waals surface area contributed by atoms with E-state index >= 15 is 0 Å². The van der Waals surface area contributed by atoms with Crippen LogP contribution in [0.5, 0.6) is 11.5 Å². The van der Waals surface area contributed by atoms with Crippen LogP contribution in [0.1, 0.15) is 42.9 Å². The van der Waals surface area contributed by atoms with Crippen molar-refractivity contribution in [2.45, 2.75) is 43.9 Å². The molecule has 3 heterocycles. The highest BCUT2D eigenvalue weighted by molar-refractivity contribution is 5.49. The molecular weight excluding hydrogens is 349 g/mol. The summed E-state index contributed by atoms with van der Waals surface area (Å²) in [6.07, 6.45) is 4.27. The van der Waals surface area contributed by atoms with Crippen molar-refractivity contribution in [3.05, 3.63) is 23.3 Å². The third kappa shape index (κ3) is 3.43. The minimum atomic E-state index is -0.529. The summed E-state index contributed by atoms with van der Waals surface area (Å²) >= 11 is 0. The number of hydrogen-bond donors (Lipinski definition) is 0. The van der Waals surface area contributed by atoms with E-state index < -0.39 is 5.79 Å². The molecule has 0 bridgehead atoms. The molecule has 3 aliphatic rings. The molecule has 2 saturated heterocycles. The second-order valence-corrected chi connectivity index (χ2v) is 7.76. The number of hydrogen-bond acceptors (Lipinski definition) is 5. The zero-order valence-corrected chi connectivity index (χ0v) is 16.3. The molecule has 0 radical (unpaired) electrons. The third-order valence-electron chi connectivity index (χ3n) is 6.38. The standard InChI is InChI=1S/C21H30FNO4/c1-24-19-11-15-6-8-23-14-16(5-3-4-7-22)21(26-9-10-27-21)13-18(23)17(15)12-20(19)25-2/h11-12,16,18H,3-10,13-14H2,1-2H3/t16-,18-/m1/s1/i22+0. The van der Waals surface area contributed by atoms with Crippen LogP contribution in [0.2, 0.25) is 0 Å². The zero-order chi connectivity index (χ0) is 18.9. The molecule has 1 aromatic carbocycles. The molecule has 1 aromatic rings. The average Bonchev–Trinajstić information content (AvgIpc) is 3.16. The van der Waals surface area contributed by atoms with E-state index in [2.05, 4.69) is 17.0 Å². The van der Waals surface area contributed by atoms with Crippen molar-refractivity contribution >= 4 is 0 Å². The monoisotopic (exact) mass is 379 g/mol. The summed E-state index contributed by atoms with van der Waals surface area (Å²) in [5.41, 5.74) is 2.61. The van der Waals surface area contributed by atoms with Gasteiger partial charge in [-0.25, -0.2) is 0 Å². The summed E-state index contributed by atoms with van der Waals surface area (Å²) in [4.78, 5) is 2.55. The largest absolute Gasteiger partial charge is 0.493 e. The second kappa shape index (κ2) is 7.94. The molecule has 0 unspecified atom stereocenters. The van der Waals surface area contributed by atoms with Gasteiger partial charge in [0.25, 0.3) is 0 Å². The SMILES string of the molecule is COc1cc2c(cc1OC)[C@H]1CC3(OCCO3)[C@H](CCCC[19F])CN1CC2. The Morgan fingerprint density at radius 3 is 2.59 bits per heavy atom. The van der Waals surface area contributed by atoms with Crippen LogP contribution >= 0.6 is 0 Å². The molecule has 150 valence electrons.